The van der Waals surface area contributed by atoms with E-state index in [0.29, 0.717) is 18.2 Å². The Hall–Kier alpha value is -2.00. The van der Waals surface area contributed by atoms with E-state index >= 15 is 0 Å². The van der Waals surface area contributed by atoms with Crippen molar-refractivity contribution in [3.05, 3.63) is 64.7 Å². The third-order valence-corrected chi connectivity index (χ3v) is 3.33. The van der Waals surface area contributed by atoms with Gasteiger partial charge in [-0.1, -0.05) is 47.1 Å². The van der Waals surface area contributed by atoms with Crippen molar-refractivity contribution < 1.29 is 9.57 Å². The summed E-state index contributed by atoms with van der Waals surface area (Å²) >= 11 is 6.02. The van der Waals surface area contributed by atoms with Gasteiger partial charge in [0.1, 0.15) is 12.4 Å². The summed E-state index contributed by atoms with van der Waals surface area (Å²) in [5, 5.41) is 4.91. The first-order valence-corrected chi connectivity index (χ1v) is 6.86. The Morgan fingerprint density at radius 2 is 2.00 bits per heavy atom. The van der Waals surface area contributed by atoms with E-state index in [1.54, 1.807) is 0 Å². The second kappa shape index (κ2) is 5.97. The van der Waals surface area contributed by atoms with E-state index in [0.717, 1.165) is 29.0 Å². The quantitative estimate of drug-likeness (QED) is 0.798. The Balaban J connectivity index is 1.75. The molecule has 0 N–H and O–H groups in total. The third-order valence-electron chi connectivity index (χ3n) is 3.10. The van der Waals surface area contributed by atoms with Gasteiger partial charge in [-0.05, 0) is 23.8 Å². The summed E-state index contributed by atoms with van der Waals surface area (Å²) < 4.78 is 5.58. The summed E-state index contributed by atoms with van der Waals surface area (Å²) in [4.78, 5) is 5.45. The third kappa shape index (κ3) is 2.94. The Kier molecular flexibility index (Phi) is 3.88. The summed E-state index contributed by atoms with van der Waals surface area (Å²) in [6.45, 7) is 1.07. The summed E-state index contributed by atoms with van der Waals surface area (Å²) in [5.74, 6) is 0.808. The van der Waals surface area contributed by atoms with Crippen LogP contribution in [0.15, 0.2) is 53.7 Å². The van der Waals surface area contributed by atoms with E-state index in [2.05, 4.69) is 5.16 Å². The fourth-order valence-electron chi connectivity index (χ4n) is 2.10. The molecular weight excluding hydrogens is 274 g/mol. The van der Waals surface area contributed by atoms with E-state index in [1.807, 2.05) is 48.5 Å². The fraction of sp³-hybridized carbons (Fsp3) is 0.188. The van der Waals surface area contributed by atoms with E-state index < -0.39 is 0 Å². The molecule has 102 valence electrons. The van der Waals surface area contributed by atoms with Crippen molar-refractivity contribution in [1.82, 2.24) is 0 Å². The van der Waals surface area contributed by atoms with Gasteiger partial charge in [-0.15, -0.1) is 0 Å². The first kappa shape index (κ1) is 13.0. The van der Waals surface area contributed by atoms with Gasteiger partial charge in [-0.2, -0.15) is 0 Å². The van der Waals surface area contributed by atoms with Crippen molar-refractivity contribution >= 4 is 17.3 Å². The van der Waals surface area contributed by atoms with Gasteiger partial charge in [0.25, 0.3) is 0 Å². The predicted molar refractivity (Wildman–Crippen MR) is 79.3 cm³/mol. The number of oxime groups is 1. The minimum atomic E-state index is 0.459. The lowest BCUT2D eigenvalue weighted by molar-refractivity contribution is 0.129. The molecule has 0 amide bonds. The molecule has 1 aliphatic rings. The maximum absolute atomic E-state index is 6.02. The zero-order valence-electron chi connectivity index (χ0n) is 10.9. The molecule has 3 rings (SSSR count). The average molecular weight is 288 g/mol. The Morgan fingerprint density at radius 1 is 1.15 bits per heavy atom. The molecule has 1 heterocycles. The van der Waals surface area contributed by atoms with Crippen molar-refractivity contribution in [3.8, 4) is 5.75 Å². The Morgan fingerprint density at radius 3 is 2.85 bits per heavy atom. The lowest BCUT2D eigenvalue weighted by Gasteiger charge is -2.18. The number of rotatable bonds is 3. The largest absolute Gasteiger partial charge is 0.492 e. The molecule has 20 heavy (non-hydrogen) atoms. The summed E-state index contributed by atoms with van der Waals surface area (Å²) in [6, 6.07) is 15.5. The second-order valence-corrected chi connectivity index (χ2v) is 4.97. The van der Waals surface area contributed by atoms with Gasteiger partial charge < -0.3 is 9.57 Å². The first-order valence-electron chi connectivity index (χ1n) is 6.48. The van der Waals surface area contributed by atoms with Gasteiger partial charge in [-0.3, -0.25) is 0 Å². The predicted octanol–water partition coefficient (Wildman–Crippen LogP) is 4.04. The fourth-order valence-corrected chi connectivity index (χ4v) is 2.27. The van der Waals surface area contributed by atoms with Crippen molar-refractivity contribution in [2.45, 2.75) is 13.0 Å². The highest BCUT2D eigenvalue weighted by atomic mass is 35.5. The molecule has 2 aromatic rings. The molecule has 0 spiro atoms. The van der Waals surface area contributed by atoms with Gasteiger partial charge in [0, 0.05) is 17.0 Å². The van der Waals surface area contributed by atoms with Crippen molar-refractivity contribution in [3.63, 3.8) is 0 Å². The van der Waals surface area contributed by atoms with Crippen LogP contribution < -0.4 is 4.74 Å². The Labute approximate surface area is 122 Å². The molecule has 0 atom stereocenters. The smallest absolute Gasteiger partial charge is 0.142 e. The lowest BCUT2D eigenvalue weighted by Crippen LogP contribution is -2.16. The van der Waals surface area contributed by atoms with Crippen LogP contribution in [0.3, 0.4) is 0 Å². The second-order valence-electron chi connectivity index (χ2n) is 4.54. The van der Waals surface area contributed by atoms with Gasteiger partial charge >= 0.3 is 0 Å². The normalized spacial score (nSPS) is 15.6. The monoisotopic (exact) mass is 287 g/mol. The zero-order chi connectivity index (χ0) is 13.8. The van der Waals surface area contributed by atoms with Gasteiger partial charge in [0.2, 0.25) is 0 Å². The van der Waals surface area contributed by atoms with Crippen LogP contribution in [0.5, 0.6) is 5.75 Å². The number of benzene rings is 2. The number of ether oxygens (including phenoxy) is 1. The van der Waals surface area contributed by atoms with Crippen LogP contribution in [-0.2, 0) is 11.4 Å². The SMILES string of the molecule is Clc1ccc2c(c1)/C(=N/OCc1ccccc1)CCO2. The number of halogens is 1. The summed E-state index contributed by atoms with van der Waals surface area (Å²) in [5.41, 5.74) is 2.89. The van der Waals surface area contributed by atoms with Crippen molar-refractivity contribution in [1.29, 1.82) is 0 Å². The van der Waals surface area contributed by atoms with Crippen LogP contribution in [0.4, 0.5) is 0 Å². The van der Waals surface area contributed by atoms with Gasteiger partial charge in [0.05, 0.1) is 12.3 Å². The van der Waals surface area contributed by atoms with Crippen LogP contribution in [0.2, 0.25) is 5.02 Å². The van der Waals surface area contributed by atoms with E-state index in [-0.39, 0.29) is 0 Å². The van der Waals surface area contributed by atoms with E-state index in [9.17, 15) is 0 Å². The van der Waals surface area contributed by atoms with Crippen LogP contribution in [0.1, 0.15) is 17.5 Å². The molecule has 0 bridgehead atoms. The van der Waals surface area contributed by atoms with Crippen LogP contribution >= 0.6 is 11.6 Å². The highest BCUT2D eigenvalue weighted by Crippen LogP contribution is 2.28. The molecule has 0 fully saturated rings. The molecule has 2 aromatic carbocycles. The molecule has 0 aromatic heterocycles. The number of hydrogen-bond acceptors (Lipinski definition) is 3. The van der Waals surface area contributed by atoms with E-state index in [4.69, 9.17) is 21.2 Å². The maximum atomic E-state index is 6.02. The molecule has 0 saturated carbocycles. The molecule has 0 radical (unpaired) electrons. The number of nitrogens with zero attached hydrogens (tertiary/aromatic N) is 1. The first-order chi connectivity index (χ1) is 9.83. The molecule has 0 aliphatic carbocycles. The summed E-state index contributed by atoms with van der Waals surface area (Å²) in [7, 11) is 0. The number of hydrogen-bond donors (Lipinski definition) is 0. The minimum absolute atomic E-state index is 0.459. The average Bonchev–Trinajstić information content (AvgIpc) is 2.49. The molecule has 0 unspecified atom stereocenters. The molecule has 3 nitrogen and oxygen atoms in total. The highest BCUT2D eigenvalue weighted by molar-refractivity contribution is 6.31. The molecule has 0 saturated heterocycles. The molecule has 1 aliphatic heterocycles. The van der Waals surface area contributed by atoms with Crippen LogP contribution in [0.25, 0.3) is 0 Å². The van der Waals surface area contributed by atoms with Crippen LogP contribution in [-0.4, -0.2) is 12.3 Å². The van der Waals surface area contributed by atoms with Gasteiger partial charge in [0.15, 0.2) is 0 Å². The lowest BCUT2D eigenvalue weighted by atomic mass is 10.0. The minimum Gasteiger partial charge on any atom is -0.492 e. The van der Waals surface area contributed by atoms with Crippen LogP contribution in [0, 0.1) is 0 Å². The van der Waals surface area contributed by atoms with Crippen molar-refractivity contribution in [2.75, 3.05) is 6.61 Å². The topological polar surface area (TPSA) is 30.8 Å². The van der Waals surface area contributed by atoms with E-state index in [1.165, 1.54) is 0 Å². The maximum Gasteiger partial charge on any atom is 0.142 e. The Bertz CT molecular complexity index is 626. The zero-order valence-corrected chi connectivity index (χ0v) is 11.6. The standard InChI is InChI=1S/C16H14ClNO2/c17-13-6-7-16-14(10-13)15(8-9-19-16)18-20-11-12-4-2-1-3-5-12/h1-7,10H,8-9,11H2/b18-15+. The van der Waals surface area contributed by atoms with Crippen molar-refractivity contribution in [2.24, 2.45) is 5.16 Å². The highest BCUT2D eigenvalue weighted by Gasteiger charge is 2.17. The summed E-state index contributed by atoms with van der Waals surface area (Å²) in [6.07, 6.45) is 0.724. The molecule has 4 heteroatoms. The van der Waals surface area contributed by atoms with Gasteiger partial charge in [-0.25, -0.2) is 0 Å². The number of fused-ring (bicyclic) bond motifs is 1. The molecular formula is C16H14ClNO2.